The molecule has 1 atom stereocenters. The van der Waals surface area contributed by atoms with Gasteiger partial charge in [-0.15, -0.1) is 0 Å². The first-order valence-corrected chi connectivity index (χ1v) is 9.97. The van der Waals surface area contributed by atoms with Crippen LogP contribution >= 0.6 is 0 Å². The Balaban J connectivity index is 2.28. The fraction of sp³-hybridized carbons (Fsp3) is 0.217. The average Bonchev–Trinajstić information content (AvgIpc) is 2.78. The van der Waals surface area contributed by atoms with Crippen LogP contribution in [0.5, 0.6) is 17.2 Å². The summed E-state index contributed by atoms with van der Waals surface area (Å²) in [6.45, 7) is 2.18. The maximum atomic E-state index is 12.7. The quantitative estimate of drug-likeness (QED) is 0.201. The average molecular weight is 453 g/mol. The predicted octanol–water partition coefficient (Wildman–Crippen LogP) is 2.40. The van der Waals surface area contributed by atoms with Crippen molar-refractivity contribution in [2.24, 2.45) is 0 Å². The summed E-state index contributed by atoms with van der Waals surface area (Å²) in [6, 6.07) is 11.2. The summed E-state index contributed by atoms with van der Waals surface area (Å²) in [4.78, 5) is 23.2. The van der Waals surface area contributed by atoms with Crippen LogP contribution in [0.15, 0.2) is 54.7 Å². The molecule has 0 aliphatic carbocycles. The van der Waals surface area contributed by atoms with Crippen LogP contribution in [0, 0.1) is 10.8 Å². The van der Waals surface area contributed by atoms with E-state index in [4.69, 9.17) is 25.0 Å². The van der Waals surface area contributed by atoms with E-state index < -0.39 is 5.91 Å². The highest BCUT2D eigenvalue weighted by Crippen LogP contribution is 2.28. The molecule has 2 aromatic carbocycles. The number of carbonyl (C=O) groups excluding carboxylic acids is 2. The van der Waals surface area contributed by atoms with Crippen LogP contribution in [0.4, 0.5) is 0 Å². The van der Waals surface area contributed by atoms with Crippen molar-refractivity contribution in [1.82, 2.24) is 16.0 Å². The molecular weight excluding hydrogens is 426 g/mol. The van der Waals surface area contributed by atoms with Crippen LogP contribution in [0.25, 0.3) is 0 Å². The minimum Gasteiger partial charge on any atom is -0.488 e. The maximum Gasteiger partial charge on any atom is 0.257 e. The Kier molecular flexibility index (Phi) is 9.59. The molecule has 33 heavy (non-hydrogen) atoms. The number of carbonyl (C=O) groups is 2. The molecule has 1 unspecified atom stereocenters. The zero-order valence-electron chi connectivity index (χ0n) is 18.6. The molecule has 0 aliphatic heterocycles. The molecule has 0 aliphatic rings. The number of rotatable bonds is 11. The van der Waals surface area contributed by atoms with E-state index in [1.165, 1.54) is 18.3 Å². The Morgan fingerprint density at radius 3 is 2.39 bits per heavy atom. The molecule has 0 heterocycles. The molecular formula is C23H27N5O5. The molecule has 0 saturated heterocycles. The maximum absolute atomic E-state index is 12.7. The summed E-state index contributed by atoms with van der Waals surface area (Å²) < 4.78 is 16.8. The van der Waals surface area contributed by atoms with E-state index in [2.05, 4.69) is 16.0 Å². The van der Waals surface area contributed by atoms with Crippen LogP contribution in [-0.4, -0.2) is 50.9 Å². The predicted molar refractivity (Wildman–Crippen MR) is 124 cm³/mol. The van der Waals surface area contributed by atoms with Gasteiger partial charge in [-0.1, -0.05) is 0 Å². The SMILES string of the molecule is CN/C=C\C(=N)NC(=O)c1cc(Oc2ccc(C(=N)NC=O)cc2)cc(OC(C)COC)c1. The van der Waals surface area contributed by atoms with E-state index in [0.717, 1.165) is 0 Å². The van der Waals surface area contributed by atoms with Crippen molar-refractivity contribution in [3.05, 3.63) is 65.9 Å². The van der Waals surface area contributed by atoms with Gasteiger partial charge in [0, 0.05) is 31.4 Å². The van der Waals surface area contributed by atoms with E-state index in [1.54, 1.807) is 50.6 Å². The van der Waals surface area contributed by atoms with Gasteiger partial charge in [0.1, 0.15) is 35.0 Å². The van der Waals surface area contributed by atoms with Gasteiger partial charge in [0.05, 0.1) is 6.61 Å². The lowest BCUT2D eigenvalue weighted by molar-refractivity contribution is -0.108. The Bertz CT molecular complexity index is 1020. The van der Waals surface area contributed by atoms with Crippen LogP contribution in [0.1, 0.15) is 22.8 Å². The van der Waals surface area contributed by atoms with Gasteiger partial charge >= 0.3 is 0 Å². The van der Waals surface area contributed by atoms with Crippen molar-refractivity contribution in [2.75, 3.05) is 20.8 Å². The lowest BCUT2D eigenvalue weighted by Crippen LogP contribution is -2.28. The highest BCUT2D eigenvalue weighted by atomic mass is 16.5. The summed E-state index contributed by atoms with van der Waals surface area (Å²) in [6.07, 6.45) is 3.10. The van der Waals surface area contributed by atoms with Gasteiger partial charge < -0.3 is 30.2 Å². The van der Waals surface area contributed by atoms with Crippen LogP contribution in [-0.2, 0) is 9.53 Å². The lowest BCUT2D eigenvalue weighted by atomic mass is 10.1. The monoisotopic (exact) mass is 453 g/mol. The van der Waals surface area contributed by atoms with Crippen molar-refractivity contribution in [2.45, 2.75) is 13.0 Å². The zero-order valence-corrected chi connectivity index (χ0v) is 18.6. The number of hydrogen-bond donors (Lipinski definition) is 5. The fourth-order valence-corrected chi connectivity index (χ4v) is 2.70. The van der Waals surface area contributed by atoms with E-state index in [0.29, 0.717) is 35.8 Å². The van der Waals surface area contributed by atoms with Crippen LogP contribution in [0.2, 0.25) is 0 Å². The second-order valence-electron chi connectivity index (χ2n) is 6.83. The summed E-state index contributed by atoms with van der Waals surface area (Å²) in [5.74, 6) is 0.571. The standard InChI is InChI=1S/C23H27N5O5/c1-15(13-31-3)32-19-10-17(23(30)28-21(24)8-9-26-2)11-20(12-19)33-18-6-4-16(5-7-18)22(25)27-14-29/h4-12,14-15,26H,13H2,1-3H3,(H2,24,28,30)(H2,25,27,29)/b9-8-. The first kappa shape index (κ1) is 25.1. The third-order valence-corrected chi connectivity index (χ3v) is 4.13. The zero-order chi connectivity index (χ0) is 24.2. The molecule has 2 aromatic rings. The molecule has 2 rings (SSSR count). The number of ether oxygens (including phenoxy) is 3. The van der Waals surface area contributed by atoms with Crippen molar-refractivity contribution in [3.63, 3.8) is 0 Å². The van der Waals surface area contributed by atoms with Crippen molar-refractivity contribution in [3.8, 4) is 17.2 Å². The first-order valence-electron chi connectivity index (χ1n) is 9.97. The number of nitrogens with one attached hydrogen (secondary N) is 5. The normalized spacial score (nSPS) is 11.4. The summed E-state index contributed by atoms with van der Waals surface area (Å²) >= 11 is 0. The second kappa shape index (κ2) is 12.6. The highest BCUT2D eigenvalue weighted by molar-refractivity contribution is 6.09. The molecule has 2 amide bonds. The van der Waals surface area contributed by atoms with Gasteiger partial charge in [-0.05, 0) is 55.6 Å². The van der Waals surface area contributed by atoms with Crippen molar-refractivity contribution in [1.29, 1.82) is 10.8 Å². The molecule has 0 aromatic heterocycles. The molecule has 0 fully saturated rings. The minimum absolute atomic E-state index is 0.0344. The summed E-state index contributed by atoms with van der Waals surface area (Å²) in [5.41, 5.74) is 0.747. The Morgan fingerprint density at radius 1 is 1.06 bits per heavy atom. The number of methoxy groups -OCH3 is 1. The second-order valence-corrected chi connectivity index (χ2v) is 6.83. The van der Waals surface area contributed by atoms with Gasteiger partial charge in [-0.25, -0.2) is 0 Å². The Labute approximate surface area is 191 Å². The molecule has 0 spiro atoms. The van der Waals surface area contributed by atoms with E-state index in [1.807, 2.05) is 6.92 Å². The topological polar surface area (TPSA) is 146 Å². The fourth-order valence-electron chi connectivity index (χ4n) is 2.70. The van der Waals surface area contributed by atoms with Crippen molar-refractivity contribution < 1.29 is 23.8 Å². The highest BCUT2D eigenvalue weighted by Gasteiger charge is 2.14. The van der Waals surface area contributed by atoms with Gasteiger partial charge in [0.25, 0.3) is 5.91 Å². The van der Waals surface area contributed by atoms with Crippen LogP contribution in [0.3, 0.4) is 0 Å². The molecule has 0 saturated carbocycles. The van der Waals surface area contributed by atoms with E-state index in [9.17, 15) is 9.59 Å². The van der Waals surface area contributed by atoms with E-state index >= 15 is 0 Å². The number of benzene rings is 2. The molecule has 10 heteroatoms. The molecule has 5 N–H and O–H groups in total. The molecule has 174 valence electrons. The van der Waals surface area contributed by atoms with Crippen molar-refractivity contribution >= 4 is 24.0 Å². The minimum atomic E-state index is -0.501. The lowest BCUT2D eigenvalue weighted by Gasteiger charge is -2.16. The third kappa shape index (κ3) is 8.11. The van der Waals surface area contributed by atoms with Gasteiger partial charge in [-0.3, -0.25) is 20.4 Å². The molecule has 10 nitrogen and oxygen atoms in total. The van der Waals surface area contributed by atoms with Gasteiger partial charge in [0.2, 0.25) is 6.41 Å². The van der Waals surface area contributed by atoms with Crippen LogP contribution < -0.4 is 25.4 Å². The number of amidine groups is 2. The van der Waals surface area contributed by atoms with Gasteiger partial charge in [-0.2, -0.15) is 0 Å². The third-order valence-electron chi connectivity index (χ3n) is 4.13. The first-order chi connectivity index (χ1) is 15.9. The largest absolute Gasteiger partial charge is 0.488 e. The number of amides is 2. The summed E-state index contributed by atoms with van der Waals surface area (Å²) in [5, 5.41) is 23.1. The van der Waals surface area contributed by atoms with Gasteiger partial charge in [0.15, 0.2) is 0 Å². The smallest absolute Gasteiger partial charge is 0.257 e. The van der Waals surface area contributed by atoms with E-state index in [-0.39, 0.29) is 23.3 Å². The Morgan fingerprint density at radius 2 is 1.76 bits per heavy atom. The molecule has 0 bridgehead atoms. The number of hydrogen-bond acceptors (Lipinski definition) is 8. The molecule has 0 radical (unpaired) electrons. The summed E-state index contributed by atoms with van der Waals surface area (Å²) in [7, 11) is 3.25. The Hall–Kier alpha value is -4.18.